The second-order valence-electron chi connectivity index (χ2n) is 7.21. The van der Waals surface area contributed by atoms with Crippen molar-refractivity contribution in [2.75, 3.05) is 23.7 Å². The van der Waals surface area contributed by atoms with E-state index in [4.69, 9.17) is 35.4 Å². The number of carbonyl (C=O) groups is 1. The zero-order valence-electron chi connectivity index (χ0n) is 17.0. The van der Waals surface area contributed by atoms with Crippen molar-refractivity contribution in [1.82, 2.24) is 9.88 Å². The minimum atomic E-state index is 0.00583. The second kappa shape index (κ2) is 10.5. The SMILES string of the molecule is O=C(c1cc(Sc2ccc(NC(=S)Nc3ccc(Cl)cc3Cl)cc2)ccn1)N1CCCC1. The van der Waals surface area contributed by atoms with Gasteiger partial charge in [-0.1, -0.05) is 35.0 Å². The summed E-state index contributed by atoms with van der Waals surface area (Å²) in [4.78, 5) is 20.7. The molecule has 1 fully saturated rings. The van der Waals surface area contributed by atoms with Crippen LogP contribution in [-0.2, 0) is 0 Å². The minimum absolute atomic E-state index is 0.00583. The lowest BCUT2D eigenvalue weighted by Gasteiger charge is -2.15. The van der Waals surface area contributed by atoms with Gasteiger partial charge in [0, 0.05) is 39.8 Å². The summed E-state index contributed by atoms with van der Waals surface area (Å²) in [5, 5.41) is 7.68. The molecule has 1 aliphatic heterocycles. The van der Waals surface area contributed by atoms with Crippen molar-refractivity contribution in [2.24, 2.45) is 0 Å². The number of nitrogens with zero attached hydrogens (tertiary/aromatic N) is 2. The monoisotopic (exact) mass is 502 g/mol. The Bertz CT molecular complexity index is 1140. The number of anilines is 2. The van der Waals surface area contributed by atoms with Gasteiger partial charge in [0.05, 0.1) is 10.7 Å². The first kappa shape index (κ1) is 22.9. The Kier molecular flexibility index (Phi) is 7.52. The topological polar surface area (TPSA) is 57.3 Å². The van der Waals surface area contributed by atoms with E-state index in [0.717, 1.165) is 41.4 Å². The van der Waals surface area contributed by atoms with Crippen molar-refractivity contribution < 1.29 is 4.79 Å². The molecule has 2 aromatic carbocycles. The summed E-state index contributed by atoms with van der Waals surface area (Å²) in [7, 11) is 0. The molecule has 2 N–H and O–H groups in total. The Morgan fingerprint density at radius 1 is 0.969 bits per heavy atom. The number of halogens is 2. The fourth-order valence-electron chi connectivity index (χ4n) is 3.29. The Balaban J connectivity index is 1.36. The Morgan fingerprint density at radius 2 is 1.72 bits per heavy atom. The van der Waals surface area contributed by atoms with Crippen molar-refractivity contribution in [1.29, 1.82) is 0 Å². The lowest BCUT2D eigenvalue weighted by molar-refractivity contribution is 0.0786. The van der Waals surface area contributed by atoms with Crippen molar-refractivity contribution >= 4 is 69.6 Å². The van der Waals surface area contributed by atoms with E-state index in [0.29, 0.717) is 26.5 Å². The lowest BCUT2D eigenvalue weighted by Crippen LogP contribution is -2.28. The van der Waals surface area contributed by atoms with Crippen LogP contribution < -0.4 is 10.6 Å². The molecule has 1 saturated heterocycles. The van der Waals surface area contributed by atoms with Crippen LogP contribution in [0.4, 0.5) is 11.4 Å². The van der Waals surface area contributed by atoms with Gasteiger partial charge in [-0.3, -0.25) is 9.78 Å². The van der Waals surface area contributed by atoms with Gasteiger partial charge < -0.3 is 15.5 Å². The van der Waals surface area contributed by atoms with Crippen LogP contribution in [0.15, 0.2) is 70.6 Å². The van der Waals surface area contributed by atoms with Crippen LogP contribution in [0.25, 0.3) is 0 Å². The number of pyridine rings is 1. The summed E-state index contributed by atoms with van der Waals surface area (Å²) >= 11 is 19.1. The fraction of sp³-hybridized carbons (Fsp3) is 0.174. The highest BCUT2D eigenvalue weighted by Gasteiger charge is 2.20. The molecule has 3 aromatic rings. The van der Waals surface area contributed by atoms with Gasteiger partial charge in [0.15, 0.2) is 5.11 Å². The summed E-state index contributed by atoms with van der Waals surface area (Å²) in [5.41, 5.74) is 2.02. The largest absolute Gasteiger partial charge is 0.337 e. The van der Waals surface area contributed by atoms with Gasteiger partial charge in [-0.05, 0) is 79.7 Å². The Morgan fingerprint density at radius 3 is 2.44 bits per heavy atom. The van der Waals surface area contributed by atoms with Gasteiger partial charge in [-0.2, -0.15) is 0 Å². The summed E-state index contributed by atoms with van der Waals surface area (Å²) < 4.78 is 0. The number of rotatable bonds is 5. The molecule has 4 rings (SSSR count). The van der Waals surface area contributed by atoms with Crippen LogP contribution >= 0.6 is 47.2 Å². The molecule has 2 heterocycles. The second-order valence-corrected chi connectivity index (χ2v) is 9.60. The fourth-order valence-corrected chi connectivity index (χ4v) is 4.82. The highest BCUT2D eigenvalue weighted by Crippen LogP contribution is 2.29. The van der Waals surface area contributed by atoms with E-state index in [2.05, 4.69) is 15.6 Å². The number of hydrogen-bond acceptors (Lipinski definition) is 4. The average Bonchev–Trinajstić information content (AvgIpc) is 3.32. The van der Waals surface area contributed by atoms with E-state index >= 15 is 0 Å². The quantitative estimate of drug-likeness (QED) is 0.384. The number of amides is 1. The van der Waals surface area contributed by atoms with Gasteiger partial charge in [-0.25, -0.2) is 0 Å². The predicted molar refractivity (Wildman–Crippen MR) is 136 cm³/mol. The van der Waals surface area contributed by atoms with Gasteiger partial charge in [0.1, 0.15) is 5.69 Å². The van der Waals surface area contributed by atoms with Gasteiger partial charge in [-0.15, -0.1) is 0 Å². The molecule has 1 amide bonds. The predicted octanol–water partition coefficient (Wildman–Crippen LogP) is 6.58. The Hall–Kier alpha value is -2.32. The zero-order valence-corrected chi connectivity index (χ0v) is 20.1. The third-order valence-corrected chi connectivity index (χ3v) is 6.62. The summed E-state index contributed by atoms with van der Waals surface area (Å²) in [6.45, 7) is 1.63. The van der Waals surface area contributed by atoms with Crippen molar-refractivity contribution in [2.45, 2.75) is 22.6 Å². The Labute approximate surface area is 206 Å². The number of aromatic nitrogens is 1. The van der Waals surface area contributed by atoms with Crippen LogP contribution in [0.1, 0.15) is 23.3 Å². The summed E-state index contributed by atoms with van der Waals surface area (Å²) in [6, 6.07) is 16.8. The summed E-state index contributed by atoms with van der Waals surface area (Å²) in [5.74, 6) is 0.00583. The van der Waals surface area contributed by atoms with Crippen LogP contribution in [0.2, 0.25) is 10.0 Å². The van der Waals surface area contributed by atoms with Crippen LogP contribution in [0.3, 0.4) is 0 Å². The molecular formula is C23H20Cl2N4OS2. The first-order chi connectivity index (χ1) is 15.5. The highest BCUT2D eigenvalue weighted by atomic mass is 35.5. The molecule has 32 heavy (non-hydrogen) atoms. The minimum Gasteiger partial charge on any atom is -0.337 e. The first-order valence-electron chi connectivity index (χ1n) is 10.0. The standard InChI is InChI=1S/C23H20Cl2N4OS2/c24-15-3-8-20(19(25)13-15)28-23(31)27-16-4-6-17(7-5-16)32-18-9-10-26-21(14-18)22(30)29-11-1-2-12-29/h3-10,13-14H,1-2,11-12H2,(H2,27,28,31). The van der Waals surface area contributed by atoms with Gasteiger partial charge in [0.2, 0.25) is 0 Å². The maximum atomic E-state index is 12.6. The first-order valence-corrected chi connectivity index (χ1v) is 12.0. The molecule has 0 bridgehead atoms. The van der Waals surface area contributed by atoms with Gasteiger partial charge >= 0.3 is 0 Å². The van der Waals surface area contributed by atoms with Gasteiger partial charge in [0.25, 0.3) is 5.91 Å². The van der Waals surface area contributed by atoms with E-state index in [1.165, 1.54) is 0 Å². The van der Waals surface area contributed by atoms with Crippen LogP contribution in [0.5, 0.6) is 0 Å². The highest BCUT2D eigenvalue weighted by molar-refractivity contribution is 7.99. The number of thiocarbonyl (C=S) groups is 1. The maximum absolute atomic E-state index is 12.6. The molecule has 0 radical (unpaired) electrons. The molecule has 164 valence electrons. The molecule has 0 aliphatic carbocycles. The molecule has 0 unspecified atom stereocenters. The summed E-state index contributed by atoms with van der Waals surface area (Å²) in [6.07, 6.45) is 3.81. The van der Waals surface area contributed by atoms with E-state index < -0.39 is 0 Å². The lowest BCUT2D eigenvalue weighted by atomic mass is 10.3. The number of likely N-dealkylation sites (tertiary alicyclic amines) is 1. The zero-order chi connectivity index (χ0) is 22.5. The number of nitrogens with one attached hydrogen (secondary N) is 2. The molecular weight excluding hydrogens is 483 g/mol. The smallest absolute Gasteiger partial charge is 0.272 e. The van der Waals surface area contributed by atoms with E-state index in [1.807, 2.05) is 41.3 Å². The molecule has 0 atom stereocenters. The normalized spacial score (nSPS) is 13.1. The number of benzene rings is 2. The molecule has 9 heteroatoms. The maximum Gasteiger partial charge on any atom is 0.272 e. The van der Waals surface area contributed by atoms with Crippen molar-refractivity contribution in [3.63, 3.8) is 0 Å². The van der Waals surface area contributed by atoms with Crippen molar-refractivity contribution in [3.8, 4) is 0 Å². The molecule has 1 aromatic heterocycles. The van der Waals surface area contributed by atoms with Crippen molar-refractivity contribution in [3.05, 3.63) is 76.5 Å². The van der Waals surface area contributed by atoms with E-state index in [1.54, 1.807) is 36.2 Å². The third kappa shape index (κ3) is 5.92. The third-order valence-electron chi connectivity index (χ3n) is 4.87. The van der Waals surface area contributed by atoms with Crippen LogP contribution in [-0.4, -0.2) is 34.0 Å². The number of carbonyl (C=O) groups excluding carboxylic acids is 1. The van der Waals surface area contributed by atoms with E-state index in [9.17, 15) is 4.79 Å². The molecule has 0 saturated carbocycles. The van der Waals surface area contributed by atoms with Crippen LogP contribution in [0, 0.1) is 0 Å². The van der Waals surface area contributed by atoms with E-state index in [-0.39, 0.29) is 5.91 Å². The average molecular weight is 503 g/mol. The molecule has 0 spiro atoms. The molecule has 1 aliphatic rings. The molecule has 5 nitrogen and oxygen atoms in total. The number of hydrogen-bond donors (Lipinski definition) is 2.